The molecule has 9 heteroatoms. The number of likely N-dealkylation sites (tertiary alicyclic amines) is 1. The number of rotatable bonds is 5. The van der Waals surface area contributed by atoms with E-state index in [1.54, 1.807) is 16.6 Å². The Balaban J connectivity index is 1.44. The summed E-state index contributed by atoms with van der Waals surface area (Å²) in [5.41, 5.74) is 1.07. The van der Waals surface area contributed by atoms with Crippen LogP contribution in [0.3, 0.4) is 0 Å². The van der Waals surface area contributed by atoms with Crippen molar-refractivity contribution in [1.82, 2.24) is 19.7 Å². The second-order valence-electron chi connectivity index (χ2n) is 7.52. The third kappa shape index (κ3) is 4.49. The molecule has 3 aromatic rings. The zero-order valence-corrected chi connectivity index (χ0v) is 17.7. The predicted octanol–water partition coefficient (Wildman–Crippen LogP) is 3.44. The lowest BCUT2D eigenvalue weighted by atomic mass is 9.95. The average Bonchev–Trinajstić information content (AvgIpc) is 3.16. The number of aromatic amines is 1. The summed E-state index contributed by atoms with van der Waals surface area (Å²) in [4.78, 5) is 26.8. The molecule has 1 aromatic heterocycles. The number of amides is 1. The van der Waals surface area contributed by atoms with Crippen molar-refractivity contribution in [2.45, 2.75) is 25.3 Å². The first-order chi connectivity index (χ1) is 15.0. The molecule has 4 rings (SSSR count). The summed E-state index contributed by atoms with van der Waals surface area (Å²) in [6, 6.07) is 11.5. The van der Waals surface area contributed by atoms with Crippen LogP contribution in [0.5, 0.6) is 5.75 Å². The van der Waals surface area contributed by atoms with E-state index in [-0.39, 0.29) is 22.5 Å². The van der Waals surface area contributed by atoms with Crippen LogP contribution in [-0.4, -0.2) is 45.8 Å². The second kappa shape index (κ2) is 8.93. The third-order valence-corrected chi connectivity index (χ3v) is 5.89. The van der Waals surface area contributed by atoms with Crippen LogP contribution in [0, 0.1) is 5.82 Å². The fourth-order valence-electron chi connectivity index (χ4n) is 3.86. The molecule has 0 radical (unpaired) electrons. The molecule has 1 fully saturated rings. The summed E-state index contributed by atoms with van der Waals surface area (Å²) < 4.78 is 20.2. The van der Waals surface area contributed by atoms with Crippen LogP contribution >= 0.6 is 11.6 Å². The van der Waals surface area contributed by atoms with Crippen molar-refractivity contribution in [2.24, 2.45) is 0 Å². The first-order valence-corrected chi connectivity index (χ1v) is 10.4. The number of carbonyl (C=O) groups is 1. The number of nitrogens with one attached hydrogen (secondary N) is 1. The van der Waals surface area contributed by atoms with Crippen molar-refractivity contribution < 1.29 is 13.9 Å². The fourth-order valence-corrected chi connectivity index (χ4v) is 4.04. The monoisotopic (exact) mass is 444 g/mol. The Morgan fingerprint density at radius 1 is 1.23 bits per heavy atom. The average molecular weight is 445 g/mol. The largest absolute Gasteiger partial charge is 0.497 e. The number of aromatic nitrogens is 3. The van der Waals surface area contributed by atoms with E-state index in [9.17, 15) is 14.0 Å². The van der Waals surface area contributed by atoms with Gasteiger partial charge in [-0.1, -0.05) is 23.7 Å². The van der Waals surface area contributed by atoms with Gasteiger partial charge in [-0.25, -0.2) is 14.3 Å². The van der Waals surface area contributed by atoms with Crippen LogP contribution in [0.2, 0.25) is 5.02 Å². The minimum absolute atomic E-state index is 0.0538. The Kier molecular flexibility index (Phi) is 6.08. The number of halogens is 2. The Labute approximate surface area is 183 Å². The summed E-state index contributed by atoms with van der Waals surface area (Å²) in [5.74, 6) is 0.766. The number of benzene rings is 2. The van der Waals surface area contributed by atoms with Gasteiger partial charge in [0.15, 0.2) is 0 Å². The van der Waals surface area contributed by atoms with E-state index in [1.807, 2.05) is 24.3 Å². The van der Waals surface area contributed by atoms with Gasteiger partial charge < -0.3 is 9.64 Å². The van der Waals surface area contributed by atoms with Gasteiger partial charge in [0.2, 0.25) is 0 Å². The highest BCUT2D eigenvalue weighted by Gasteiger charge is 2.28. The maximum Gasteiger partial charge on any atom is 0.343 e. The highest BCUT2D eigenvalue weighted by atomic mass is 35.5. The molecule has 1 N–H and O–H groups in total. The molecule has 0 aliphatic carbocycles. The number of hydrogen-bond acceptors (Lipinski definition) is 4. The molecule has 7 nitrogen and oxygen atoms in total. The lowest BCUT2D eigenvalue weighted by molar-refractivity contribution is 0.0710. The highest BCUT2D eigenvalue weighted by molar-refractivity contribution is 6.31. The van der Waals surface area contributed by atoms with Crippen molar-refractivity contribution in [1.29, 1.82) is 0 Å². The van der Waals surface area contributed by atoms with E-state index in [0.29, 0.717) is 43.9 Å². The summed E-state index contributed by atoms with van der Waals surface area (Å²) in [5, 5.41) is 6.74. The lowest BCUT2D eigenvalue weighted by Gasteiger charge is -2.31. The van der Waals surface area contributed by atoms with Gasteiger partial charge in [-0.2, -0.15) is 5.10 Å². The van der Waals surface area contributed by atoms with Crippen molar-refractivity contribution >= 4 is 17.5 Å². The highest BCUT2D eigenvalue weighted by Crippen LogP contribution is 2.28. The predicted molar refractivity (Wildman–Crippen MR) is 114 cm³/mol. The van der Waals surface area contributed by atoms with E-state index >= 15 is 0 Å². The molecule has 0 saturated carbocycles. The number of nitrogens with zero attached hydrogens (tertiary/aromatic N) is 3. The number of carbonyl (C=O) groups excluding carboxylic acids is 1. The molecular weight excluding hydrogens is 423 g/mol. The minimum Gasteiger partial charge on any atom is -0.497 e. The van der Waals surface area contributed by atoms with E-state index in [4.69, 9.17) is 16.3 Å². The van der Waals surface area contributed by atoms with E-state index < -0.39 is 5.82 Å². The Morgan fingerprint density at radius 2 is 1.94 bits per heavy atom. The number of methoxy groups -OCH3 is 1. The molecule has 162 valence electrons. The molecule has 0 unspecified atom stereocenters. The van der Waals surface area contributed by atoms with Gasteiger partial charge in [0.05, 0.1) is 18.7 Å². The quantitative estimate of drug-likeness (QED) is 0.653. The smallest absolute Gasteiger partial charge is 0.343 e. The summed E-state index contributed by atoms with van der Waals surface area (Å²) in [6.07, 6.45) is 1.35. The zero-order valence-electron chi connectivity index (χ0n) is 17.0. The SMILES string of the molecule is COc1ccc(Cn2c(C3CCN(C(=O)c4ccc(F)c(Cl)c4)CC3)n[nH]c2=O)cc1. The molecule has 1 aliphatic heterocycles. The van der Waals surface area contributed by atoms with Gasteiger partial charge in [0, 0.05) is 24.6 Å². The van der Waals surface area contributed by atoms with Crippen LogP contribution in [0.1, 0.15) is 40.5 Å². The van der Waals surface area contributed by atoms with E-state index in [2.05, 4.69) is 10.2 Å². The topological polar surface area (TPSA) is 80.2 Å². The first-order valence-electron chi connectivity index (χ1n) is 9.98. The van der Waals surface area contributed by atoms with Gasteiger partial charge >= 0.3 is 5.69 Å². The fraction of sp³-hybridized carbons (Fsp3) is 0.318. The maximum absolute atomic E-state index is 13.4. The molecule has 2 heterocycles. The van der Waals surface area contributed by atoms with Crippen molar-refractivity contribution in [3.63, 3.8) is 0 Å². The number of hydrogen-bond donors (Lipinski definition) is 1. The first kappa shape index (κ1) is 21.1. The normalized spacial score (nSPS) is 14.6. The lowest BCUT2D eigenvalue weighted by Crippen LogP contribution is -2.38. The molecule has 31 heavy (non-hydrogen) atoms. The molecule has 1 saturated heterocycles. The molecule has 1 amide bonds. The molecule has 1 aliphatic rings. The van der Waals surface area contributed by atoms with E-state index in [1.165, 1.54) is 18.2 Å². The van der Waals surface area contributed by atoms with Crippen molar-refractivity contribution in [3.8, 4) is 5.75 Å². The van der Waals surface area contributed by atoms with Crippen LogP contribution < -0.4 is 10.4 Å². The molecule has 2 aromatic carbocycles. The van der Waals surface area contributed by atoms with Crippen molar-refractivity contribution in [3.05, 3.63) is 80.7 Å². The minimum atomic E-state index is -0.551. The van der Waals surface area contributed by atoms with Crippen molar-refractivity contribution in [2.75, 3.05) is 20.2 Å². The van der Waals surface area contributed by atoms with Gasteiger partial charge in [-0.3, -0.25) is 9.36 Å². The van der Waals surface area contributed by atoms with E-state index in [0.717, 1.165) is 11.3 Å². The van der Waals surface area contributed by atoms with Gasteiger partial charge in [-0.05, 0) is 48.7 Å². The molecule has 0 atom stereocenters. The maximum atomic E-state index is 13.4. The second-order valence-corrected chi connectivity index (χ2v) is 7.92. The Morgan fingerprint density at radius 3 is 2.58 bits per heavy atom. The molecule has 0 spiro atoms. The number of H-pyrrole nitrogens is 1. The summed E-state index contributed by atoms with van der Waals surface area (Å²) in [7, 11) is 1.61. The van der Waals surface area contributed by atoms with Gasteiger partial charge in [0.1, 0.15) is 17.4 Å². The van der Waals surface area contributed by atoms with Crippen LogP contribution in [0.15, 0.2) is 47.3 Å². The standard InChI is InChI=1S/C22H22ClFN4O3/c1-31-17-5-2-14(3-6-17)13-28-20(25-26-22(28)30)15-8-10-27(11-9-15)21(29)16-4-7-19(24)18(23)12-16/h2-7,12,15H,8-11,13H2,1H3,(H,26,30). The molecular formula is C22H22ClFN4O3. The van der Waals surface area contributed by atoms with Gasteiger partial charge in [0.25, 0.3) is 5.91 Å². The zero-order chi connectivity index (χ0) is 22.0. The number of piperidine rings is 1. The Hall–Kier alpha value is -3.13. The number of ether oxygens (including phenoxy) is 1. The van der Waals surface area contributed by atoms with Crippen LogP contribution in [-0.2, 0) is 6.54 Å². The summed E-state index contributed by atoms with van der Waals surface area (Å²) >= 11 is 5.81. The van der Waals surface area contributed by atoms with Crippen LogP contribution in [0.4, 0.5) is 4.39 Å². The Bertz CT molecular complexity index is 1130. The van der Waals surface area contributed by atoms with Crippen LogP contribution in [0.25, 0.3) is 0 Å². The van der Waals surface area contributed by atoms with Gasteiger partial charge in [-0.15, -0.1) is 0 Å². The molecule has 0 bridgehead atoms. The summed E-state index contributed by atoms with van der Waals surface area (Å²) in [6.45, 7) is 1.44. The third-order valence-electron chi connectivity index (χ3n) is 5.60.